The zero-order valence-electron chi connectivity index (χ0n) is 47.3. The number of nitrogens with one attached hydrogen (secondary N) is 1. The molecule has 0 saturated carbocycles. The fourth-order valence-corrected chi connectivity index (χ4v) is 9.84. The van der Waals surface area contributed by atoms with E-state index in [1.807, 2.05) is 186 Å². The molecular formula is C65H72BrFN4O8. The topological polar surface area (TPSA) is 127 Å². The lowest BCUT2D eigenvalue weighted by Gasteiger charge is -2.28. The molecule has 2 saturated heterocycles. The Morgan fingerprint density at radius 3 is 1.37 bits per heavy atom. The van der Waals surface area contributed by atoms with Crippen LogP contribution in [0.15, 0.2) is 158 Å². The minimum atomic E-state index is -1.00. The van der Waals surface area contributed by atoms with E-state index in [-0.39, 0.29) is 29.9 Å². The number of alkyl halides is 2. The summed E-state index contributed by atoms with van der Waals surface area (Å²) in [6.07, 6.45) is 1.06. The van der Waals surface area contributed by atoms with E-state index in [1.165, 1.54) is 14.2 Å². The first-order chi connectivity index (χ1) is 38.8. The van der Waals surface area contributed by atoms with Gasteiger partial charge in [0.25, 0.3) is 0 Å². The van der Waals surface area contributed by atoms with Crippen LogP contribution < -0.4 is 14.8 Å². The number of nitrogens with zero attached hydrogens (tertiary/aromatic N) is 3. The van der Waals surface area contributed by atoms with Crippen LogP contribution in [-0.4, -0.2) is 137 Å². The number of benzene rings is 6. The van der Waals surface area contributed by atoms with Gasteiger partial charge < -0.3 is 34.1 Å². The Morgan fingerprint density at radius 2 is 1.01 bits per heavy atom. The van der Waals surface area contributed by atoms with E-state index in [0.717, 1.165) is 56.0 Å². The number of carbonyl (C=O) groups excluding carboxylic acids is 4. The molecule has 0 radical (unpaired) electrons. The van der Waals surface area contributed by atoms with E-state index < -0.39 is 37.0 Å². The van der Waals surface area contributed by atoms with Gasteiger partial charge in [-0.1, -0.05) is 161 Å². The largest absolute Gasteiger partial charge is 0.496 e. The van der Waals surface area contributed by atoms with E-state index in [0.29, 0.717) is 37.8 Å². The molecule has 0 bridgehead atoms. The molecule has 0 aromatic heterocycles. The SMILES string of the molecule is CN[C@H]1C[C@@H](C(=O)OC)N(C(=O)C(c2ccccc2)c2ccccc2)C1.COC(=O)[C@@H]1C[C@H](N(C)CC#Cc2ccc(OC)c(C)c2)CN1C(=O)C(c1ccccc1)c1ccccc1.COc1ccc(C#CCBr)cc1C.[2H]CF. The molecule has 414 valence electrons. The number of methoxy groups -OCH3 is 4. The maximum Gasteiger partial charge on any atom is 0.328 e. The van der Waals surface area contributed by atoms with Crippen molar-refractivity contribution >= 4 is 39.7 Å². The summed E-state index contributed by atoms with van der Waals surface area (Å²) in [5, 5.41) is 3.88. The Balaban J connectivity index is 0.000000240. The first kappa shape index (κ1) is 60.5. The molecule has 6 aromatic carbocycles. The summed E-state index contributed by atoms with van der Waals surface area (Å²) >= 11 is 3.26. The average molecular weight is 1140 g/mol. The lowest BCUT2D eigenvalue weighted by atomic mass is 9.90. The van der Waals surface area contributed by atoms with E-state index in [9.17, 15) is 23.6 Å². The molecule has 4 atom stereocenters. The standard InChI is InChI=1S/C32H34N2O4.C21H24N2O3.C11H11BrO.CH3F/c1-23-20-24(17-18-29(23)37-3)12-11-19-33(2)27-21-28(32(36)38-4)34(22-27)31(35)30(25-13-7-5-8-14-25)26-15-9-6-10-16-26;1-22-17-13-18(21(25)26-2)23(14-17)20(24)19(15-9-5-3-6-10-15)16-11-7-4-8-12-16;1-9-8-10(4-3-7-12)5-6-11(9)13-2;1-2/h5-10,13-18,20,27-28,30H,19,21-22H2,1-4H3;3-12,17-19,22H,13-14H2,1-2H3;5-6,8H,7H2,1-2H3;1H3/t27-,28-;17-,18-;;/m00../s1/i;;;1D. The molecule has 1 N–H and O–H groups in total. The van der Waals surface area contributed by atoms with Crippen LogP contribution in [0, 0.1) is 37.5 Å². The second kappa shape index (κ2) is 32.2. The lowest BCUT2D eigenvalue weighted by Crippen LogP contribution is -2.44. The van der Waals surface area contributed by atoms with Crippen LogP contribution >= 0.6 is 15.9 Å². The predicted octanol–water partition coefficient (Wildman–Crippen LogP) is 9.78. The summed E-state index contributed by atoms with van der Waals surface area (Å²) in [6.45, 7) is 5.43. The van der Waals surface area contributed by atoms with Gasteiger partial charge in [0.1, 0.15) is 23.6 Å². The molecule has 12 nitrogen and oxygen atoms in total. The highest BCUT2D eigenvalue weighted by Crippen LogP contribution is 2.33. The predicted molar refractivity (Wildman–Crippen MR) is 313 cm³/mol. The van der Waals surface area contributed by atoms with Crippen LogP contribution in [0.3, 0.4) is 0 Å². The zero-order chi connectivity index (χ0) is 58.0. The minimum Gasteiger partial charge on any atom is -0.496 e. The maximum absolute atomic E-state index is 14.1. The Bertz CT molecular complexity index is 2970. The third kappa shape index (κ3) is 17.1. The second-order valence-electron chi connectivity index (χ2n) is 18.7. The van der Waals surface area contributed by atoms with Crippen molar-refractivity contribution in [2.24, 2.45) is 0 Å². The molecule has 2 fully saturated rings. The summed E-state index contributed by atoms with van der Waals surface area (Å²) in [7, 11) is 8.89. The van der Waals surface area contributed by atoms with Crippen molar-refractivity contribution in [2.45, 2.75) is 62.7 Å². The van der Waals surface area contributed by atoms with Crippen molar-refractivity contribution < 1.29 is 43.9 Å². The normalized spacial score (nSPS) is 16.2. The van der Waals surface area contributed by atoms with Gasteiger partial charge in [0.2, 0.25) is 11.8 Å². The number of aryl methyl sites for hydroxylation is 2. The fraction of sp³-hybridized carbons (Fsp3) is 0.323. The number of hydrogen-bond donors (Lipinski definition) is 1. The van der Waals surface area contributed by atoms with Gasteiger partial charge in [-0.05, 0) is 111 Å². The van der Waals surface area contributed by atoms with Crippen LogP contribution in [0.2, 0.25) is 0 Å². The monoisotopic (exact) mass is 1140 g/mol. The van der Waals surface area contributed by atoms with E-state index in [4.69, 9.17) is 20.3 Å². The molecule has 79 heavy (non-hydrogen) atoms. The number of hydrogen-bond acceptors (Lipinski definition) is 10. The van der Waals surface area contributed by atoms with Gasteiger partial charge in [0, 0.05) is 36.3 Å². The van der Waals surface area contributed by atoms with Gasteiger partial charge in [0.05, 0.1) is 60.7 Å². The quantitative estimate of drug-likeness (QED) is 0.0679. The molecule has 2 amide bonds. The third-order valence-electron chi connectivity index (χ3n) is 13.8. The van der Waals surface area contributed by atoms with Gasteiger partial charge in [-0.25, -0.2) is 9.59 Å². The van der Waals surface area contributed by atoms with Crippen molar-refractivity contribution in [1.29, 1.82) is 0 Å². The summed E-state index contributed by atoms with van der Waals surface area (Å²) in [4.78, 5) is 58.1. The molecule has 8 rings (SSSR count). The van der Waals surface area contributed by atoms with E-state index >= 15 is 0 Å². The summed E-state index contributed by atoms with van der Waals surface area (Å²) in [5.41, 5.74) is 7.71. The smallest absolute Gasteiger partial charge is 0.328 e. The number of halogens is 2. The van der Waals surface area contributed by atoms with Crippen molar-refractivity contribution in [1.82, 2.24) is 20.0 Å². The number of esters is 2. The number of likely N-dealkylation sites (tertiary alicyclic amines) is 2. The van der Waals surface area contributed by atoms with E-state index in [1.54, 1.807) is 24.0 Å². The Morgan fingerprint density at radius 1 is 0.633 bits per heavy atom. The maximum atomic E-state index is 14.1. The second-order valence-corrected chi connectivity index (χ2v) is 19.3. The Kier molecular flexibility index (Phi) is 24.7. The number of rotatable bonds is 13. The molecule has 6 aromatic rings. The Labute approximate surface area is 476 Å². The van der Waals surface area contributed by atoms with Crippen LogP contribution in [-0.2, 0) is 28.7 Å². The summed E-state index contributed by atoms with van der Waals surface area (Å²) < 4.78 is 36.0. The number of carbonyl (C=O) groups is 4. The molecule has 14 heteroatoms. The number of likely N-dealkylation sites (N-methyl/N-ethyl adjacent to an activating group) is 2. The molecule has 2 heterocycles. The van der Waals surface area contributed by atoms with Crippen molar-refractivity contribution in [3.05, 3.63) is 202 Å². The van der Waals surface area contributed by atoms with Gasteiger partial charge in [-0.2, -0.15) is 0 Å². The van der Waals surface area contributed by atoms with Crippen LogP contribution in [0.4, 0.5) is 4.39 Å². The molecule has 0 aliphatic carbocycles. The van der Waals surface area contributed by atoms with Crippen LogP contribution in [0.1, 0.15) is 70.6 Å². The van der Waals surface area contributed by atoms with Crippen molar-refractivity contribution in [3.63, 3.8) is 0 Å². The zero-order valence-corrected chi connectivity index (χ0v) is 47.9. The first-order valence-electron chi connectivity index (χ1n) is 26.5. The van der Waals surface area contributed by atoms with Crippen molar-refractivity contribution in [2.75, 3.05) is 74.7 Å². The highest BCUT2D eigenvalue weighted by Gasteiger charge is 2.45. The lowest BCUT2D eigenvalue weighted by molar-refractivity contribution is -0.151. The molecule has 2 aliphatic heterocycles. The third-order valence-corrected chi connectivity index (χ3v) is 14.1. The Hall–Kier alpha value is -7.75. The van der Waals surface area contributed by atoms with Gasteiger partial charge >= 0.3 is 11.9 Å². The highest BCUT2D eigenvalue weighted by molar-refractivity contribution is 9.09. The van der Waals surface area contributed by atoms with E-state index in [2.05, 4.69) is 49.8 Å². The summed E-state index contributed by atoms with van der Waals surface area (Å²) in [6, 6.07) is 49.4. The molecular weight excluding hydrogens is 1060 g/mol. The number of amides is 2. The molecule has 0 spiro atoms. The van der Waals surface area contributed by atoms with Gasteiger partial charge in [0.15, 0.2) is 0 Å². The first-order valence-corrected chi connectivity index (χ1v) is 26.9. The van der Waals surface area contributed by atoms with Gasteiger partial charge in [-0.3, -0.25) is 18.9 Å². The minimum absolute atomic E-state index is 0.0258. The molecule has 2 aliphatic rings. The number of ether oxygens (including phenoxy) is 4. The van der Waals surface area contributed by atoms with Gasteiger partial charge in [-0.15, -0.1) is 0 Å². The average Bonchev–Trinajstić information content (AvgIpc) is 4.15. The summed E-state index contributed by atoms with van der Waals surface area (Å²) in [5.74, 6) is 12.3. The highest BCUT2D eigenvalue weighted by atomic mass is 79.9. The molecule has 0 unspecified atom stereocenters. The van der Waals surface area contributed by atoms with Crippen molar-refractivity contribution in [3.8, 4) is 35.2 Å². The van der Waals surface area contributed by atoms with Crippen LogP contribution in [0.5, 0.6) is 11.5 Å². The fourth-order valence-electron chi connectivity index (χ4n) is 9.70. The van der Waals surface area contributed by atoms with Crippen LogP contribution in [0.25, 0.3) is 0 Å².